The van der Waals surface area contributed by atoms with Crippen molar-refractivity contribution in [2.24, 2.45) is 0 Å². The monoisotopic (exact) mass is 348 g/mol. The second-order valence-corrected chi connectivity index (χ2v) is 6.57. The standard InChI is InChI=1S/C18H21ClN2O3/c1-13(14-2-4-15(19)5-3-14)21-8-6-20(7-9-21)11-16-10-17(22)18(23)12-24-16/h2-5,10,12-13,23H,6-9,11H2,1H3/t13-/m1/s1. The first-order valence-electron chi connectivity index (χ1n) is 8.05. The molecule has 0 saturated carbocycles. The van der Waals surface area contributed by atoms with E-state index in [9.17, 15) is 9.90 Å². The smallest absolute Gasteiger partial charge is 0.226 e. The molecule has 1 saturated heterocycles. The molecule has 2 aromatic rings. The van der Waals surface area contributed by atoms with Gasteiger partial charge in [0, 0.05) is 43.3 Å². The van der Waals surface area contributed by atoms with Crippen LogP contribution in [0.1, 0.15) is 24.3 Å². The summed E-state index contributed by atoms with van der Waals surface area (Å²) in [6, 6.07) is 9.70. The van der Waals surface area contributed by atoms with Crippen LogP contribution in [0.25, 0.3) is 0 Å². The molecule has 0 radical (unpaired) electrons. The largest absolute Gasteiger partial charge is 0.502 e. The Bertz CT molecular complexity index is 737. The Hall–Kier alpha value is -1.82. The van der Waals surface area contributed by atoms with Crippen molar-refractivity contribution in [3.8, 4) is 5.75 Å². The maximum atomic E-state index is 11.5. The molecule has 0 unspecified atom stereocenters. The highest BCUT2D eigenvalue weighted by Gasteiger charge is 2.22. The molecular formula is C18H21ClN2O3. The molecule has 1 aromatic carbocycles. The van der Waals surface area contributed by atoms with Crippen molar-refractivity contribution < 1.29 is 9.52 Å². The average Bonchev–Trinajstić information content (AvgIpc) is 2.59. The van der Waals surface area contributed by atoms with Crippen LogP contribution in [-0.4, -0.2) is 41.1 Å². The summed E-state index contributed by atoms with van der Waals surface area (Å²) in [6.45, 7) is 6.50. The fraction of sp³-hybridized carbons (Fsp3) is 0.389. The van der Waals surface area contributed by atoms with E-state index >= 15 is 0 Å². The molecule has 2 heterocycles. The van der Waals surface area contributed by atoms with Gasteiger partial charge in [0.2, 0.25) is 5.43 Å². The van der Waals surface area contributed by atoms with Crippen molar-refractivity contribution in [1.82, 2.24) is 9.80 Å². The average molecular weight is 349 g/mol. The van der Waals surface area contributed by atoms with Crippen molar-refractivity contribution >= 4 is 11.6 Å². The number of aromatic hydroxyl groups is 1. The number of hydrogen-bond donors (Lipinski definition) is 1. The number of rotatable bonds is 4. The molecule has 0 bridgehead atoms. The Labute approximate surface area is 146 Å². The van der Waals surface area contributed by atoms with Crippen molar-refractivity contribution in [2.75, 3.05) is 26.2 Å². The van der Waals surface area contributed by atoms with E-state index in [2.05, 4.69) is 28.9 Å². The molecule has 6 heteroatoms. The molecule has 0 spiro atoms. The summed E-state index contributed by atoms with van der Waals surface area (Å²) in [5.74, 6) is 0.234. The zero-order valence-corrected chi connectivity index (χ0v) is 14.4. The summed E-state index contributed by atoms with van der Waals surface area (Å²) < 4.78 is 5.28. The summed E-state index contributed by atoms with van der Waals surface area (Å²) in [5.41, 5.74) is 0.864. The first-order chi connectivity index (χ1) is 11.5. The summed E-state index contributed by atoms with van der Waals surface area (Å²) in [7, 11) is 0. The van der Waals surface area contributed by atoms with E-state index in [0.717, 1.165) is 37.5 Å². The highest BCUT2D eigenvalue weighted by molar-refractivity contribution is 6.30. The lowest BCUT2D eigenvalue weighted by atomic mass is 10.1. The van der Waals surface area contributed by atoms with Crippen molar-refractivity contribution in [1.29, 1.82) is 0 Å². The van der Waals surface area contributed by atoms with Crippen LogP contribution in [0.3, 0.4) is 0 Å². The molecular weight excluding hydrogens is 328 g/mol. The lowest BCUT2D eigenvalue weighted by Gasteiger charge is -2.38. The number of halogens is 1. The molecule has 1 fully saturated rings. The Morgan fingerprint density at radius 2 is 1.88 bits per heavy atom. The Morgan fingerprint density at radius 1 is 1.21 bits per heavy atom. The van der Waals surface area contributed by atoms with E-state index in [-0.39, 0.29) is 5.75 Å². The molecule has 1 N–H and O–H groups in total. The molecule has 0 amide bonds. The fourth-order valence-corrected chi connectivity index (χ4v) is 3.13. The summed E-state index contributed by atoms with van der Waals surface area (Å²) in [5, 5.41) is 9.99. The van der Waals surface area contributed by atoms with E-state index in [1.807, 2.05) is 12.1 Å². The highest BCUT2D eigenvalue weighted by atomic mass is 35.5. The van der Waals surface area contributed by atoms with Crippen LogP contribution in [0, 0.1) is 0 Å². The predicted octanol–water partition coefficient (Wildman–Crippen LogP) is 2.88. The second-order valence-electron chi connectivity index (χ2n) is 6.14. The van der Waals surface area contributed by atoms with E-state index in [1.165, 1.54) is 11.6 Å². The van der Waals surface area contributed by atoms with Gasteiger partial charge in [-0.25, -0.2) is 0 Å². The molecule has 0 aliphatic carbocycles. The zero-order valence-electron chi connectivity index (χ0n) is 13.6. The van der Waals surface area contributed by atoms with Crippen molar-refractivity contribution in [2.45, 2.75) is 19.5 Å². The minimum Gasteiger partial charge on any atom is -0.502 e. The van der Waals surface area contributed by atoms with Gasteiger partial charge in [-0.15, -0.1) is 0 Å². The van der Waals surface area contributed by atoms with Gasteiger partial charge in [-0.1, -0.05) is 23.7 Å². The van der Waals surface area contributed by atoms with E-state index < -0.39 is 5.43 Å². The maximum absolute atomic E-state index is 11.5. The van der Waals surface area contributed by atoms with Crippen LogP contribution in [-0.2, 0) is 6.54 Å². The maximum Gasteiger partial charge on any atom is 0.226 e. The molecule has 1 aliphatic rings. The van der Waals surface area contributed by atoms with Gasteiger partial charge < -0.3 is 9.52 Å². The second kappa shape index (κ2) is 7.38. The van der Waals surface area contributed by atoms with Crippen LogP contribution in [0.2, 0.25) is 5.02 Å². The minimum absolute atomic E-state index is 0.344. The normalized spacial score (nSPS) is 17.8. The van der Waals surface area contributed by atoms with Gasteiger partial charge in [0.05, 0.1) is 6.54 Å². The first-order valence-corrected chi connectivity index (χ1v) is 8.43. The van der Waals surface area contributed by atoms with E-state index in [1.54, 1.807) is 0 Å². The molecule has 1 atom stereocenters. The van der Waals surface area contributed by atoms with Gasteiger partial charge in [0.15, 0.2) is 5.75 Å². The molecule has 1 aliphatic heterocycles. The number of nitrogens with zero attached hydrogens (tertiary/aromatic N) is 2. The fourth-order valence-electron chi connectivity index (χ4n) is 3.01. The third kappa shape index (κ3) is 3.98. The Morgan fingerprint density at radius 3 is 2.50 bits per heavy atom. The van der Waals surface area contributed by atoms with Gasteiger partial charge in [-0.05, 0) is 24.6 Å². The third-order valence-corrected chi connectivity index (χ3v) is 4.80. The zero-order chi connectivity index (χ0) is 17.1. The summed E-state index contributed by atoms with van der Waals surface area (Å²) >= 11 is 5.95. The van der Waals surface area contributed by atoms with Gasteiger partial charge in [0.25, 0.3) is 0 Å². The minimum atomic E-state index is -0.397. The lowest BCUT2D eigenvalue weighted by Crippen LogP contribution is -2.46. The number of benzene rings is 1. The van der Waals surface area contributed by atoms with Crippen LogP contribution >= 0.6 is 11.6 Å². The molecule has 1 aromatic heterocycles. The third-order valence-electron chi connectivity index (χ3n) is 4.55. The van der Waals surface area contributed by atoms with Crippen LogP contribution in [0.4, 0.5) is 0 Å². The Kier molecular flexibility index (Phi) is 5.23. The van der Waals surface area contributed by atoms with Gasteiger partial charge in [-0.2, -0.15) is 0 Å². The molecule has 5 nitrogen and oxygen atoms in total. The van der Waals surface area contributed by atoms with Gasteiger partial charge in [0.1, 0.15) is 12.0 Å². The van der Waals surface area contributed by atoms with Crippen LogP contribution in [0.15, 0.2) is 45.8 Å². The summed E-state index contributed by atoms with van der Waals surface area (Å²) in [6.07, 6.45) is 1.11. The topological polar surface area (TPSA) is 56.9 Å². The lowest BCUT2D eigenvalue weighted by molar-refractivity contribution is 0.0927. The highest BCUT2D eigenvalue weighted by Crippen LogP contribution is 2.23. The SMILES string of the molecule is C[C@H](c1ccc(Cl)cc1)N1CCN(Cc2cc(=O)c(O)co2)CC1. The summed E-state index contributed by atoms with van der Waals surface area (Å²) in [4.78, 5) is 16.1. The van der Waals surface area contributed by atoms with E-state index in [0.29, 0.717) is 18.3 Å². The number of piperazine rings is 1. The quantitative estimate of drug-likeness (QED) is 0.920. The number of hydrogen-bond acceptors (Lipinski definition) is 5. The van der Waals surface area contributed by atoms with Crippen molar-refractivity contribution in [3.05, 3.63) is 63.2 Å². The van der Waals surface area contributed by atoms with Gasteiger partial charge >= 0.3 is 0 Å². The predicted molar refractivity (Wildman–Crippen MR) is 93.4 cm³/mol. The van der Waals surface area contributed by atoms with Gasteiger partial charge in [-0.3, -0.25) is 14.6 Å². The molecule has 24 heavy (non-hydrogen) atoms. The molecule has 128 valence electrons. The van der Waals surface area contributed by atoms with Crippen molar-refractivity contribution in [3.63, 3.8) is 0 Å². The van der Waals surface area contributed by atoms with Crippen LogP contribution < -0.4 is 5.43 Å². The molecule has 3 rings (SSSR count). The van der Waals surface area contributed by atoms with Crippen LogP contribution in [0.5, 0.6) is 5.75 Å². The van der Waals surface area contributed by atoms with E-state index in [4.69, 9.17) is 16.0 Å². The Balaban J connectivity index is 1.56. The first kappa shape index (κ1) is 17.0.